The molecule has 1 spiro atoms. The summed E-state index contributed by atoms with van der Waals surface area (Å²) in [7, 11) is -0.477. The maximum absolute atomic E-state index is 13.7. The first-order chi connectivity index (χ1) is 27.0. The van der Waals surface area contributed by atoms with Crippen molar-refractivity contribution in [1.29, 1.82) is 0 Å². The minimum Gasteiger partial charge on any atom is -0.490 e. The van der Waals surface area contributed by atoms with Gasteiger partial charge in [-0.25, -0.2) is 13.1 Å². The van der Waals surface area contributed by atoms with Crippen LogP contribution in [0.25, 0.3) is 0 Å². The van der Waals surface area contributed by atoms with Crippen molar-refractivity contribution in [3.63, 3.8) is 0 Å². The molecular formula is C44H63ClN4O6S. The summed E-state index contributed by atoms with van der Waals surface area (Å²) < 4.78 is 47.2. The van der Waals surface area contributed by atoms with Crippen molar-refractivity contribution in [3.8, 4) is 5.75 Å². The second kappa shape index (κ2) is 17.7. The second-order valence-corrected chi connectivity index (χ2v) is 19.7. The van der Waals surface area contributed by atoms with Crippen molar-refractivity contribution in [3.05, 3.63) is 70.3 Å². The van der Waals surface area contributed by atoms with Crippen LogP contribution in [-0.2, 0) is 31.3 Å². The van der Waals surface area contributed by atoms with Crippen LogP contribution >= 0.6 is 11.6 Å². The first kappa shape index (κ1) is 41.5. The molecule has 1 amide bonds. The molecule has 10 nitrogen and oxygen atoms in total. The van der Waals surface area contributed by atoms with Crippen LogP contribution < -0.4 is 14.4 Å². The number of methoxy groups -OCH3 is 2. The number of benzene rings is 2. The number of nitrogens with one attached hydrogen (secondary N) is 1. The number of aryl methyl sites for hydroxylation is 1. The van der Waals surface area contributed by atoms with E-state index in [4.69, 9.17) is 25.8 Å². The average Bonchev–Trinajstić information content (AvgIpc) is 3.33. The molecule has 7 rings (SSSR count). The summed E-state index contributed by atoms with van der Waals surface area (Å²) in [6.45, 7) is 11.4. The number of hydrogen-bond donors (Lipinski definition) is 1. The van der Waals surface area contributed by atoms with Gasteiger partial charge < -0.3 is 19.1 Å². The Bertz CT molecular complexity index is 1840. The molecule has 3 fully saturated rings. The first-order valence-corrected chi connectivity index (χ1v) is 23.0. The van der Waals surface area contributed by atoms with Crippen molar-refractivity contribution in [1.82, 2.24) is 14.5 Å². The van der Waals surface area contributed by atoms with Crippen LogP contribution in [0.5, 0.6) is 5.75 Å². The van der Waals surface area contributed by atoms with Crippen LogP contribution in [-0.4, -0.2) is 114 Å². The molecule has 3 aliphatic heterocycles. The summed E-state index contributed by atoms with van der Waals surface area (Å²) in [4.78, 5) is 21.5. The molecule has 0 bridgehead atoms. The summed E-state index contributed by atoms with van der Waals surface area (Å²) in [6, 6.07) is 12.3. The Morgan fingerprint density at radius 3 is 2.73 bits per heavy atom. The van der Waals surface area contributed by atoms with Gasteiger partial charge in [0.1, 0.15) is 11.4 Å². The lowest BCUT2D eigenvalue weighted by atomic mass is 9.63. The van der Waals surface area contributed by atoms with E-state index >= 15 is 0 Å². The van der Waals surface area contributed by atoms with Crippen LogP contribution in [0.15, 0.2) is 48.6 Å². The smallest absolute Gasteiger partial charge is 0.264 e. The molecule has 2 aromatic rings. The topological polar surface area (TPSA) is 101 Å². The number of hydrogen-bond acceptors (Lipinski definition) is 9. The van der Waals surface area contributed by atoms with Gasteiger partial charge in [-0.15, -0.1) is 0 Å². The molecule has 12 heteroatoms. The number of fused-ring (bicyclic) bond motifs is 4. The van der Waals surface area contributed by atoms with E-state index in [2.05, 4.69) is 50.6 Å². The molecule has 56 heavy (non-hydrogen) atoms. The van der Waals surface area contributed by atoms with E-state index in [1.165, 1.54) is 44.0 Å². The molecular weight excluding hydrogens is 748 g/mol. The number of halogens is 1. The Hall–Kier alpha value is -2.67. The number of nitrogens with zero attached hydrogens (tertiary/aromatic N) is 3. The van der Waals surface area contributed by atoms with Gasteiger partial charge in [0.25, 0.3) is 5.91 Å². The number of ether oxygens (including phenoxy) is 3. The van der Waals surface area contributed by atoms with Crippen molar-refractivity contribution in [2.24, 2.45) is 11.8 Å². The minimum atomic E-state index is -3.91. The van der Waals surface area contributed by atoms with Crippen LogP contribution in [0.1, 0.15) is 93.1 Å². The van der Waals surface area contributed by atoms with E-state index in [9.17, 15) is 13.2 Å². The van der Waals surface area contributed by atoms with E-state index in [0.717, 1.165) is 82.0 Å². The van der Waals surface area contributed by atoms with Crippen LogP contribution in [0.3, 0.4) is 0 Å². The lowest BCUT2D eigenvalue weighted by molar-refractivity contribution is -0.100. The summed E-state index contributed by atoms with van der Waals surface area (Å²) in [5.74, 6) is 0.714. The predicted molar refractivity (Wildman–Crippen MR) is 224 cm³/mol. The molecule has 2 aromatic carbocycles. The lowest BCUT2D eigenvalue weighted by Crippen LogP contribution is -2.61. The summed E-state index contributed by atoms with van der Waals surface area (Å²) in [6.07, 6.45) is 15.0. The molecule has 1 saturated carbocycles. The normalized spacial score (nSPS) is 27.3. The third-order valence-electron chi connectivity index (χ3n) is 13.7. The van der Waals surface area contributed by atoms with Gasteiger partial charge >= 0.3 is 0 Å². The summed E-state index contributed by atoms with van der Waals surface area (Å²) in [5.41, 5.74) is 2.97. The predicted octanol–water partition coefficient (Wildman–Crippen LogP) is 6.85. The maximum atomic E-state index is 13.7. The second-order valence-electron chi connectivity index (χ2n) is 17.2. The van der Waals surface area contributed by atoms with Gasteiger partial charge in [-0.2, -0.15) is 0 Å². The zero-order chi connectivity index (χ0) is 39.5. The highest BCUT2D eigenvalue weighted by atomic mass is 35.5. The van der Waals surface area contributed by atoms with Gasteiger partial charge in [-0.05, 0) is 125 Å². The van der Waals surface area contributed by atoms with Crippen molar-refractivity contribution in [2.45, 2.75) is 100 Å². The number of anilines is 1. The van der Waals surface area contributed by atoms with Crippen LogP contribution in [0.4, 0.5) is 5.69 Å². The van der Waals surface area contributed by atoms with Crippen molar-refractivity contribution < 1.29 is 27.4 Å². The number of piperidine rings is 1. The summed E-state index contributed by atoms with van der Waals surface area (Å²) >= 11 is 6.53. The van der Waals surface area contributed by atoms with E-state index < -0.39 is 26.8 Å². The van der Waals surface area contributed by atoms with Crippen LogP contribution in [0, 0.1) is 11.8 Å². The Labute approximate surface area is 340 Å². The standard InChI is InChI=1S/C44H63ClN4O6S/c1-5-6-20-44(54-4,30-47-22-23-48-21-8-7-11-37(48)28-47)39-15-12-35(39)27-49-29-43(19-9-10-33-25-36(45)14-16-38(33)43)31-55-41-17-13-34(26-40(41)49)42(50)46-56(51,52)32(2)18-24-53-3/h6,13-14,16-17,20,25-26,32,35,37,39H,5,7-12,15,18-19,21-24,27-31H2,1-4H3,(H,46,50)/b20-6+/t32-,35-,37+,39+,43-,44+/m0/s1. The Balaban J connectivity index is 1.20. The van der Waals surface area contributed by atoms with E-state index in [0.29, 0.717) is 36.8 Å². The number of rotatable bonds is 14. The number of sulfonamides is 1. The Morgan fingerprint density at radius 2 is 1.96 bits per heavy atom. The van der Waals surface area contributed by atoms with Gasteiger partial charge in [0.2, 0.25) is 10.0 Å². The maximum Gasteiger partial charge on any atom is 0.264 e. The zero-order valence-corrected chi connectivity index (χ0v) is 35.5. The van der Waals surface area contributed by atoms with E-state index in [-0.39, 0.29) is 24.0 Å². The highest BCUT2D eigenvalue weighted by Gasteiger charge is 2.50. The van der Waals surface area contributed by atoms with E-state index in [1.807, 2.05) is 25.3 Å². The fourth-order valence-corrected chi connectivity index (χ4v) is 11.5. The van der Waals surface area contributed by atoms with Gasteiger partial charge in [0.15, 0.2) is 0 Å². The monoisotopic (exact) mass is 810 g/mol. The van der Waals surface area contributed by atoms with Crippen molar-refractivity contribution in [2.75, 3.05) is 78.1 Å². The Morgan fingerprint density at radius 1 is 1.11 bits per heavy atom. The molecule has 2 saturated heterocycles. The number of carbonyl (C=O) groups is 1. The largest absolute Gasteiger partial charge is 0.490 e. The number of piperazine rings is 1. The molecule has 0 radical (unpaired) electrons. The number of carbonyl (C=O) groups excluding carboxylic acids is 1. The van der Waals surface area contributed by atoms with Gasteiger partial charge in [-0.1, -0.05) is 43.2 Å². The molecule has 5 aliphatic rings. The number of allylic oxidation sites excluding steroid dienone is 1. The van der Waals surface area contributed by atoms with E-state index in [1.54, 1.807) is 13.0 Å². The van der Waals surface area contributed by atoms with Gasteiger partial charge in [0.05, 0.1) is 17.5 Å². The third kappa shape index (κ3) is 8.69. The fourth-order valence-electron chi connectivity index (χ4n) is 10.3. The SMILES string of the molecule is CC/C=C/[C@](CN1CCN2CCCC[C@@H]2C1)(OC)[C@@H]1CC[C@H]1CN1C[C@@]2(CCCc3cc(Cl)ccc32)COc2ccc(C(=O)NS(=O)(=O)[C@@H](C)CCOC)cc21. The van der Waals surface area contributed by atoms with Crippen molar-refractivity contribution >= 4 is 33.2 Å². The lowest BCUT2D eigenvalue weighted by Gasteiger charge is -2.53. The fraction of sp³-hybridized carbons (Fsp3) is 0.659. The number of amides is 1. The molecule has 6 atom stereocenters. The highest BCUT2D eigenvalue weighted by Crippen LogP contribution is 2.49. The molecule has 308 valence electrons. The van der Waals surface area contributed by atoms with Gasteiger partial charge in [0, 0.05) is 82.1 Å². The average molecular weight is 812 g/mol. The molecule has 2 aliphatic carbocycles. The Kier molecular flexibility index (Phi) is 13.1. The van der Waals surface area contributed by atoms with Crippen LogP contribution in [0.2, 0.25) is 5.02 Å². The molecule has 3 heterocycles. The first-order valence-electron chi connectivity index (χ1n) is 21.0. The minimum absolute atomic E-state index is 0.279. The van der Waals surface area contributed by atoms with Gasteiger partial charge in [-0.3, -0.25) is 14.6 Å². The molecule has 0 aromatic heterocycles. The quantitative estimate of drug-likeness (QED) is 0.206. The summed E-state index contributed by atoms with van der Waals surface area (Å²) in [5, 5.41) is -0.0347. The molecule has 0 unspecified atom stereocenters. The zero-order valence-electron chi connectivity index (χ0n) is 33.9. The molecule has 1 N–H and O–H groups in total. The highest BCUT2D eigenvalue weighted by molar-refractivity contribution is 7.90. The third-order valence-corrected chi connectivity index (χ3v) is 15.7.